The normalized spacial score (nSPS) is 31.5. The monoisotopic (exact) mass is 265 g/mol. The van der Waals surface area contributed by atoms with Crippen LogP contribution in [0.4, 0.5) is 0 Å². The van der Waals surface area contributed by atoms with E-state index in [9.17, 15) is 9.59 Å². The molecule has 5 nitrogen and oxygen atoms in total. The van der Waals surface area contributed by atoms with Crippen molar-refractivity contribution in [2.45, 2.75) is 32.1 Å². The highest BCUT2D eigenvalue weighted by Crippen LogP contribution is 2.36. The van der Waals surface area contributed by atoms with Crippen molar-refractivity contribution < 1.29 is 9.59 Å². The Morgan fingerprint density at radius 3 is 2.84 bits per heavy atom. The lowest BCUT2D eigenvalue weighted by Crippen LogP contribution is -2.44. The van der Waals surface area contributed by atoms with Crippen molar-refractivity contribution in [1.82, 2.24) is 15.1 Å². The summed E-state index contributed by atoms with van der Waals surface area (Å²) in [5.74, 6) is 0.277. The van der Waals surface area contributed by atoms with Crippen LogP contribution in [-0.2, 0) is 9.59 Å². The number of piperidine rings is 1. The molecule has 0 aromatic heterocycles. The van der Waals surface area contributed by atoms with Crippen molar-refractivity contribution >= 4 is 11.8 Å². The molecule has 3 heterocycles. The first-order chi connectivity index (χ1) is 9.19. The molecule has 0 aromatic carbocycles. The Morgan fingerprint density at radius 1 is 1.26 bits per heavy atom. The maximum atomic E-state index is 12.3. The predicted octanol–water partition coefficient (Wildman–Crippen LogP) is 0.211. The lowest BCUT2D eigenvalue weighted by atomic mass is 9.80. The Kier molecular flexibility index (Phi) is 3.48. The second kappa shape index (κ2) is 5.12. The molecule has 2 amide bonds. The molecule has 0 saturated carbocycles. The van der Waals surface area contributed by atoms with Crippen molar-refractivity contribution in [3.05, 3.63) is 0 Å². The van der Waals surface area contributed by atoms with Gasteiger partial charge in [0.25, 0.3) is 0 Å². The predicted molar refractivity (Wildman–Crippen MR) is 71.5 cm³/mol. The number of amides is 2. The fraction of sp³-hybridized carbons (Fsp3) is 0.857. The summed E-state index contributed by atoms with van der Waals surface area (Å²) in [5, 5.41) is 3.45. The van der Waals surface area contributed by atoms with Gasteiger partial charge < -0.3 is 15.1 Å². The average Bonchev–Trinajstić information content (AvgIpc) is 2.99. The highest BCUT2D eigenvalue weighted by atomic mass is 16.2. The van der Waals surface area contributed by atoms with E-state index >= 15 is 0 Å². The van der Waals surface area contributed by atoms with Crippen LogP contribution >= 0.6 is 0 Å². The zero-order valence-corrected chi connectivity index (χ0v) is 11.5. The van der Waals surface area contributed by atoms with E-state index in [1.807, 2.05) is 4.90 Å². The van der Waals surface area contributed by atoms with Gasteiger partial charge in [0, 0.05) is 38.0 Å². The van der Waals surface area contributed by atoms with Gasteiger partial charge >= 0.3 is 0 Å². The van der Waals surface area contributed by atoms with Crippen LogP contribution in [0.3, 0.4) is 0 Å². The minimum Gasteiger partial charge on any atom is -0.341 e. The Bertz CT molecular complexity index is 377. The van der Waals surface area contributed by atoms with E-state index in [1.54, 1.807) is 4.90 Å². The molecule has 0 bridgehead atoms. The van der Waals surface area contributed by atoms with Crippen molar-refractivity contribution in [2.75, 3.05) is 39.3 Å². The minimum atomic E-state index is 0.137. The Labute approximate surface area is 114 Å². The molecule has 3 aliphatic heterocycles. The fourth-order valence-corrected chi connectivity index (χ4v) is 3.66. The van der Waals surface area contributed by atoms with Gasteiger partial charge in [0.05, 0.1) is 6.54 Å². The van der Waals surface area contributed by atoms with E-state index in [-0.39, 0.29) is 11.8 Å². The lowest BCUT2D eigenvalue weighted by molar-refractivity contribution is -0.138. The average molecular weight is 265 g/mol. The van der Waals surface area contributed by atoms with E-state index in [0.717, 1.165) is 45.6 Å². The smallest absolute Gasteiger partial charge is 0.242 e. The first kappa shape index (κ1) is 12.9. The molecule has 19 heavy (non-hydrogen) atoms. The third-order valence-corrected chi connectivity index (χ3v) is 4.85. The molecule has 1 atom stereocenters. The summed E-state index contributed by atoms with van der Waals surface area (Å²) in [4.78, 5) is 27.5. The summed E-state index contributed by atoms with van der Waals surface area (Å²) in [7, 11) is 0. The molecule has 0 aromatic rings. The zero-order valence-electron chi connectivity index (χ0n) is 11.5. The standard InChI is InChI=1S/C14H23N3O2/c18-12-3-1-7-16(12)9-13(19)17-8-5-14(11-17)4-2-6-15-10-14/h15H,1-11H2. The third kappa shape index (κ3) is 2.61. The third-order valence-electron chi connectivity index (χ3n) is 4.85. The van der Waals surface area contributed by atoms with Gasteiger partial charge in [-0.05, 0) is 32.2 Å². The molecule has 3 saturated heterocycles. The van der Waals surface area contributed by atoms with Crippen LogP contribution in [0.15, 0.2) is 0 Å². The highest BCUT2D eigenvalue weighted by Gasteiger charge is 2.41. The lowest BCUT2D eigenvalue weighted by Gasteiger charge is -2.34. The van der Waals surface area contributed by atoms with Gasteiger partial charge in [-0.15, -0.1) is 0 Å². The van der Waals surface area contributed by atoms with Crippen LogP contribution in [0.1, 0.15) is 32.1 Å². The van der Waals surface area contributed by atoms with Gasteiger partial charge in [-0.25, -0.2) is 0 Å². The molecule has 0 radical (unpaired) electrons. The number of rotatable bonds is 2. The van der Waals surface area contributed by atoms with Crippen LogP contribution in [0.5, 0.6) is 0 Å². The van der Waals surface area contributed by atoms with Crippen molar-refractivity contribution in [1.29, 1.82) is 0 Å². The first-order valence-electron chi connectivity index (χ1n) is 7.45. The molecular formula is C14H23N3O2. The number of carbonyl (C=O) groups is 2. The van der Waals surface area contributed by atoms with Gasteiger partial charge in [0.15, 0.2) is 0 Å². The Morgan fingerprint density at radius 2 is 2.16 bits per heavy atom. The zero-order chi connectivity index (χ0) is 13.3. The molecule has 106 valence electrons. The van der Waals surface area contributed by atoms with E-state index in [2.05, 4.69) is 5.32 Å². The number of hydrogen-bond acceptors (Lipinski definition) is 3. The van der Waals surface area contributed by atoms with Gasteiger partial charge in [0.1, 0.15) is 0 Å². The van der Waals surface area contributed by atoms with E-state index < -0.39 is 0 Å². The number of hydrogen-bond donors (Lipinski definition) is 1. The second-order valence-electron chi connectivity index (χ2n) is 6.26. The van der Waals surface area contributed by atoms with E-state index in [1.165, 1.54) is 12.8 Å². The molecule has 5 heteroatoms. The summed E-state index contributed by atoms with van der Waals surface area (Å²) in [5.41, 5.74) is 0.308. The van der Waals surface area contributed by atoms with E-state index in [4.69, 9.17) is 0 Å². The fourth-order valence-electron chi connectivity index (χ4n) is 3.66. The largest absolute Gasteiger partial charge is 0.341 e. The topological polar surface area (TPSA) is 52.7 Å². The molecular weight excluding hydrogens is 242 g/mol. The van der Waals surface area contributed by atoms with E-state index in [0.29, 0.717) is 18.4 Å². The quantitative estimate of drug-likeness (QED) is 0.776. The molecule has 1 N–H and O–H groups in total. The van der Waals surface area contributed by atoms with Gasteiger partial charge in [-0.3, -0.25) is 9.59 Å². The van der Waals surface area contributed by atoms with Crippen LogP contribution < -0.4 is 5.32 Å². The Balaban J connectivity index is 1.55. The summed E-state index contributed by atoms with van der Waals surface area (Å²) in [6, 6.07) is 0. The summed E-state index contributed by atoms with van der Waals surface area (Å²) >= 11 is 0. The summed E-state index contributed by atoms with van der Waals surface area (Å²) in [6.07, 6.45) is 5.07. The minimum absolute atomic E-state index is 0.137. The SMILES string of the molecule is O=C1CCCN1CC(=O)N1CCC2(CCCNC2)C1. The van der Waals surface area contributed by atoms with Gasteiger partial charge in [0.2, 0.25) is 11.8 Å². The number of nitrogens with one attached hydrogen (secondary N) is 1. The van der Waals surface area contributed by atoms with Crippen LogP contribution in [0, 0.1) is 5.41 Å². The molecule has 1 spiro atoms. The van der Waals surface area contributed by atoms with Crippen molar-refractivity contribution in [3.8, 4) is 0 Å². The van der Waals surface area contributed by atoms with Crippen LogP contribution in [0.25, 0.3) is 0 Å². The number of likely N-dealkylation sites (tertiary alicyclic amines) is 2. The number of carbonyl (C=O) groups excluding carboxylic acids is 2. The second-order valence-corrected chi connectivity index (χ2v) is 6.26. The summed E-state index contributed by atoms with van der Waals surface area (Å²) in [6.45, 7) is 4.94. The molecule has 0 aliphatic carbocycles. The maximum absolute atomic E-state index is 12.3. The number of nitrogens with zero attached hydrogens (tertiary/aromatic N) is 2. The highest BCUT2D eigenvalue weighted by molar-refractivity contribution is 5.86. The van der Waals surface area contributed by atoms with Crippen LogP contribution in [0.2, 0.25) is 0 Å². The summed E-state index contributed by atoms with van der Waals surface area (Å²) < 4.78 is 0. The van der Waals surface area contributed by atoms with Crippen LogP contribution in [-0.4, -0.2) is 60.9 Å². The molecule has 3 fully saturated rings. The van der Waals surface area contributed by atoms with Gasteiger partial charge in [-0.2, -0.15) is 0 Å². The van der Waals surface area contributed by atoms with Gasteiger partial charge in [-0.1, -0.05) is 0 Å². The molecule has 3 aliphatic rings. The Hall–Kier alpha value is -1.10. The first-order valence-corrected chi connectivity index (χ1v) is 7.45. The van der Waals surface area contributed by atoms with Crippen molar-refractivity contribution in [3.63, 3.8) is 0 Å². The maximum Gasteiger partial charge on any atom is 0.242 e. The molecule has 3 rings (SSSR count). The van der Waals surface area contributed by atoms with Crippen molar-refractivity contribution in [2.24, 2.45) is 5.41 Å². The molecule has 1 unspecified atom stereocenters.